The summed E-state index contributed by atoms with van der Waals surface area (Å²) < 4.78 is 0. The molecule has 0 atom stereocenters. The van der Waals surface area contributed by atoms with Gasteiger partial charge in [0.05, 0.1) is 11.3 Å². The van der Waals surface area contributed by atoms with Gasteiger partial charge in [0.15, 0.2) is 5.43 Å². The van der Waals surface area contributed by atoms with Crippen LogP contribution >= 0.6 is 11.8 Å². The first-order valence-corrected chi connectivity index (χ1v) is 10.2. The molecule has 0 aliphatic heterocycles. The molecule has 2 N–H and O–H groups in total. The summed E-state index contributed by atoms with van der Waals surface area (Å²) in [4.78, 5) is 27.9. The monoisotopic (exact) mass is 380 g/mol. The Hall–Kier alpha value is -2.53. The molecule has 5 heteroatoms. The van der Waals surface area contributed by atoms with E-state index >= 15 is 0 Å². The highest BCUT2D eigenvalue weighted by Crippen LogP contribution is 2.18. The lowest BCUT2D eigenvalue weighted by Gasteiger charge is -2.08. The second-order valence-electron chi connectivity index (χ2n) is 6.75. The molecule has 140 valence electrons. The van der Waals surface area contributed by atoms with Gasteiger partial charge in [0.2, 0.25) is 5.91 Å². The van der Waals surface area contributed by atoms with Gasteiger partial charge in [-0.3, -0.25) is 9.59 Å². The van der Waals surface area contributed by atoms with E-state index in [0.717, 1.165) is 39.8 Å². The second kappa shape index (κ2) is 8.44. The van der Waals surface area contributed by atoms with Crippen molar-refractivity contribution in [3.63, 3.8) is 0 Å². The number of aryl methyl sites for hydroxylation is 3. The average molecular weight is 381 g/mol. The number of aromatic amines is 1. The van der Waals surface area contributed by atoms with Crippen LogP contribution in [0.2, 0.25) is 0 Å². The molecule has 4 nitrogen and oxygen atoms in total. The number of carbonyl (C=O) groups excluding carboxylic acids is 1. The SMILES string of the molecule is CCc1ccc(NC(=O)CSCc2cc(=O)c3c(C)cc(C)cc3[nH]2)cc1. The Morgan fingerprint density at radius 3 is 2.56 bits per heavy atom. The van der Waals surface area contributed by atoms with Crippen LogP contribution in [0.3, 0.4) is 0 Å². The van der Waals surface area contributed by atoms with Gasteiger partial charge in [-0.2, -0.15) is 0 Å². The second-order valence-corrected chi connectivity index (χ2v) is 7.74. The number of benzene rings is 2. The lowest BCUT2D eigenvalue weighted by molar-refractivity contribution is -0.113. The number of rotatable bonds is 6. The molecule has 2 aromatic carbocycles. The number of fused-ring (bicyclic) bond motifs is 1. The van der Waals surface area contributed by atoms with E-state index in [4.69, 9.17) is 0 Å². The highest BCUT2D eigenvalue weighted by Gasteiger charge is 2.08. The molecular formula is C22H24N2O2S. The van der Waals surface area contributed by atoms with Crippen molar-refractivity contribution in [3.8, 4) is 0 Å². The third kappa shape index (κ3) is 4.80. The van der Waals surface area contributed by atoms with Crippen LogP contribution in [0.25, 0.3) is 10.9 Å². The highest BCUT2D eigenvalue weighted by molar-refractivity contribution is 7.99. The standard InChI is InChI=1S/C22H24N2O2S/c1-4-16-5-7-17(8-6-16)24-21(26)13-27-12-18-11-20(25)22-15(3)9-14(2)10-19(22)23-18/h5-11H,4,12-13H2,1-3H3,(H,23,25)(H,24,26). The lowest BCUT2D eigenvalue weighted by atomic mass is 10.1. The molecule has 3 rings (SSSR count). The molecule has 0 fully saturated rings. The Morgan fingerprint density at radius 1 is 1.11 bits per heavy atom. The number of anilines is 1. The van der Waals surface area contributed by atoms with E-state index in [1.165, 1.54) is 17.3 Å². The van der Waals surface area contributed by atoms with Crippen LogP contribution in [-0.2, 0) is 17.0 Å². The maximum atomic E-state index is 12.4. The van der Waals surface area contributed by atoms with Crippen molar-refractivity contribution in [1.82, 2.24) is 4.98 Å². The van der Waals surface area contributed by atoms with E-state index in [2.05, 4.69) is 17.2 Å². The molecule has 3 aromatic rings. The molecule has 1 heterocycles. The van der Waals surface area contributed by atoms with Gasteiger partial charge in [-0.15, -0.1) is 11.8 Å². The molecule has 0 spiro atoms. The van der Waals surface area contributed by atoms with Gasteiger partial charge in [0.25, 0.3) is 0 Å². The van der Waals surface area contributed by atoms with Crippen molar-refractivity contribution >= 4 is 34.3 Å². The molecule has 0 bridgehead atoms. The van der Waals surface area contributed by atoms with Crippen molar-refractivity contribution in [3.05, 3.63) is 75.1 Å². The molecule has 0 saturated carbocycles. The van der Waals surface area contributed by atoms with Crippen molar-refractivity contribution in [2.24, 2.45) is 0 Å². The summed E-state index contributed by atoms with van der Waals surface area (Å²) in [5.74, 6) is 0.877. The highest BCUT2D eigenvalue weighted by atomic mass is 32.2. The number of hydrogen-bond acceptors (Lipinski definition) is 3. The van der Waals surface area contributed by atoms with Crippen LogP contribution in [0.15, 0.2) is 47.3 Å². The summed E-state index contributed by atoms with van der Waals surface area (Å²) in [5, 5.41) is 3.64. The molecule has 0 aliphatic rings. The lowest BCUT2D eigenvalue weighted by Crippen LogP contribution is -2.14. The van der Waals surface area contributed by atoms with E-state index in [9.17, 15) is 9.59 Å². The fourth-order valence-corrected chi connectivity index (χ4v) is 3.92. The maximum absolute atomic E-state index is 12.4. The van der Waals surface area contributed by atoms with Gasteiger partial charge in [0.1, 0.15) is 0 Å². The minimum absolute atomic E-state index is 0.0253. The Bertz CT molecular complexity index is 1020. The number of thioether (sulfide) groups is 1. The zero-order valence-corrected chi connectivity index (χ0v) is 16.7. The summed E-state index contributed by atoms with van der Waals surface area (Å²) in [6.07, 6.45) is 0.979. The minimum atomic E-state index is -0.0425. The maximum Gasteiger partial charge on any atom is 0.234 e. The number of nitrogens with one attached hydrogen (secondary N) is 2. The van der Waals surface area contributed by atoms with Crippen LogP contribution in [-0.4, -0.2) is 16.6 Å². The minimum Gasteiger partial charge on any atom is -0.357 e. The Morgan fingerprint density at radius 2 is 1.85 bits per heavy atom. The van der Waals surface area contributed by atoms with Crippen LogP contribution in [0, 0.1) is 13.8 Å². The van der Waals surface area contributed by atoms with Crippen LogP contribution in [0.4, 0.5) is 5.69 Å². The van der Waals surface area contributed by atoms with E-state index in [0.29, 0.717) is 11.5 Å². The van der Waals surface area contributed by atoms with Crippen molar-refractivity contribution in [2.45, 2.75) is 32.9 Å². The van der Waals surface area contributed by atoms with E-state index in [1.807, 2.05) is 50.2 Å². The molecule has 0 radical (unpaired) electrons. The Kier molecular flexibility index (Phi) is 6.01. The molecule has 27 heavy (non-hydrogen) atoms. The van der Waals surface area contributed by atoms with Gasteiger partial charge >= 0.3 is 0 Å². The Labute approximate surface area is 163 Å². The predicted molar refractivity (Wildman–Crippen MR) is 115 cm³/mol. The number of pyridine rings is 1. The van der Waals surface area contributed by atoms with Crippen molar-refractivity contribution < 1.29 is 4.79 Å². The zero-order valence-electron chi connectivity index (χ0n) is 15.9. The van der Waals surface area contributed by atoms with E-state index < -0.39 is 0 Å². The Balaban J connectivity index is 1.61. The smallest absolute Gasteiger partial charge is 0.234 e. The molecule has 0 aliphatic carbocycles. The summed E-state index contributed by atoms with van der Waals surface area (Å²) >= 11 is 1.48. The quantitative estimate of drug-likeness (QED) is 0.658. The first-order valence-electron chi connectivity index (χ1n) is 9.06. The normalized spacial score (nSPS) is 10.9. The molecule has 0 unspecified atom stereocenters. The molecule has 1 aromatic heterocycles. The summed E-state index contributed by atoms with van der Waals surface area (Å²) in [6, 6.07) is 13.5. The van der Waals surface area contributed by atoms with E-state index in [1.54, 1.807) is 6.07 Å². The summed E-state index contributed by atoms with van der Waals surface area (Å²) in [5.41, 5.74) is 5.87. The van der Waals surface area contributed by atoms with Crippen LogP contribution < -0.4 is 10.7 Å². The van der Waals surface area contributed by atoms with Gasteiger partial charge in [-0.1, -0.05) is 25.1 Å². The number of aromatic nitrogens is 1. The topological polar surface area (TPSA) is 62.0 Å². The van der Waals surface area contributed by atoms with Gasteiger partial charge in [0, 0.05) is 28.6 Å². The van der Waals surface area contributed by atoms with Crippen molar-refractivity contribution in [1.29, 1.82) is 0 Å². The van der Waals surface area contributed by atoms with Gasteiger partial charge in [-0.05, 0) is 55.2 Å². The molecule has 1 amide bonds. The average Bonchev–Trinajstić information content (AvgIpc) is 2.61. The number of H-pyrrole nitrogens is 1. The fraction of sp³-hybridized carbons (Fsp3) is 0.273. The summed E-state index contributed by atoms with van der Waals surface area (Å²) in [7, 11) is 0. The van der Waals surface area contributed by atoms with Crippen LogP contribution in [0.5, 0.6) is 0 Å². The number of carbonyl (C=O) groups is 1. The van der Waals surface area contributed by atoms with E-state index in [-0.39, 0.29) is 11.3 Å². The third-order valence-electron chi connectivity index (χ3n) is 4.46. The largest absolute Gasteiger partial charge is 0.357 e. The molecular weight excluding hydrogens is 356 g/mol. The van der Waals surface area contributed by atoms with Gasteiger partial charge < -0.3 is 10.3 Å². The van der Waals surface area contributed by atoms with Gasteiger partial charge in [-0.25, -0.2) is 0 Å². The molecule has 0 saturated heterocycles. The third-order valence-corrected chi connectivity index (χ3v) is 5.44. The number of amides is 1. The zero-order chi connectivity index (χ0) is 19.4. The fourth-order valence-electron chi connectivity index (χ4n) is 3.19. The first-order chi connectivity index (χ1) is 13.0. The predicted octanol–water partition coefficient (Wildman–Crippen LogP) is 4.58. The van der Waals surface area contributed by atoms with Crippen molar-refractivity contribution in [2.75, 3.05) is 11.1 Å². The summed E-state index contributed by atoms with van der Waals surface area (Å²) in [6.45, 7) is 6.07. The number of hydrogen-bond donors (Lipinski definition) is 2. The van der Waals surface area contributed by atoms with Crippen LogP contribution in [0.1, 0.15) is 29.3 Å². The first kappa shape index (κ1) is 19.2.